The minimum Gasteiger partial charge on any atom is -0.309 e. The molecule has 8 nitrogen and oxygen atoms in total. The van der Waals surface area contributed by atoms with Gasteiger partial charge in [-0.2, -0.15) is 9.90 Å². The van der Waals surface area contributed by atoms with E-state index in [2.05, 4.69) is 39.7 Å². The molecule has 1 N–H and O–H groups in total. The van der Waals surface area contributed by atoms with Gasteiger partial charge in [0.05, 0.1) is 5.69 Å². The van der Waals surface area contributed by atoms with Gasteiger partial charge < -0.3 is 5.32 Å². The molecule has 0 saturated heterocycles. The minimum atomic E-state index is -0.273. The van der Waals surface area contributed by atoms with Crippen molar-refractivity contribution in [1.82, 2.24) is 30.0 Å². The van der Waals surface area contributed by atoms with Gasteiger partial charge in [-0.3, -0.25) is 9.48 Å². The summed E-state index contributed by atoms with van der Waals surface area (Å²) in [5.74, 6) is 1.23. The van der Waals surface area contributed by atoms with Crippen molar-refractivity contribution in [3.63, 3.8) is 0 Å². The van der Waals surface area contributed by atoms with Crippen molar-refractivity contribution in [1.29, 1.82) is 0 Å². The molecule has 0 radical (unpaired) electrons. The molecule has 0 aliphatic heterocycles. The maximum absolute atomic E-state index is 12.5. The second-order valence-electron chi connectivity index (χ2n) is 7.51. The first kappa shape index (κ1) is 20.7. The van der Waals surface area contributed by atoms with Crippen molar-refractivity contribution in [2.24, 2.45) is 7.05 Å². The molecule has 31 heavy (non-hydrogen) atoms. The zero-order chi connectivity index (χ0) is 22.0. The number of rotatable bonds is 6. The van der Waals surface area contributed by atoms with Crippen LogP contribution in [-0.2, 0) is 18.4 Å². The Kier molecular flexibility index (Phi) is 5.81. The minimum absolute atomic E-state index is 0.0570. The number of anilines is 1. The van der Waals surface area contributed by atoms with Crippen molar-refractivity contribution in [2.45, 2.75) is 26.3 Å². The lowest BCUT2D eigenvalue weighted by molar-refractivity contribution is -0.117. The van der Waals surface area contributed by atoms with Gasteiger partial charge in [0.15, 0.2) is 0 Å². The number of nitrogens with one attached hydrogen (secondary N) is 1. The maximum atomic E-state index is 12.5. The number of carbonyl (C=O) groups excluding carboxylic acids is 1. The molecule has 4 rings (SSSR count). The Morgan fingerprint density at radius 1 is 1.03 bits per heavy atom. The zero-order valence-electron chi connectivity index (χ0n) is 17.5. The maximum Gasteiger partial charge on any atom is 0.249 e. The first-order chi connectivity index (χ1) is 14.9. The topological polar surface area (TPSA) is 90.5 Å². The molecule has 9 heteroatoms. The quantitative estimate of drug-likeness (QED) is 0.491. The number of tetrazole rings is 1. The van der Waals surface area contributed by atoms with Gasteiger partial charge in [-0.1, -0.05) is 61.8 Å². The van der Waals surface area contributed by atoms with Gasteiger partial charge in [0.1, 0.15) is 12.4 Å². The third-order valence-corrected chi connectivity index (χ3v) is 5.11. The second kappa shape index (κ2) is 8.69. The average molecular weight is 436 g/mol. The third-order valence-electron chi connectivity index (χ3n) is 4.86. The van der Waals surface area contributed by atoms with Crippen LogP contribution >= 0.6 is 11.6 Å². The number of hydrogen-bond donors (Lipinski definition) is 1. The third kappa shape index (κ3) is 4.80. The van der Waals surface area contributed by atoms with Gasteiger partial charge in [0.25, 0.3) is 0 Å². The van der Waals surface area contributed by atoms with Gasteiger partial charge >= 0.3 is 0 Å². The fourth-order valence-corrected chi connectivity index (χ4v) is 3.23. The summed E-state index contributed by atoms with van der Waals surface area (Å²) in [6.07, 6.45) is 0. The summed E-state index contributed by atoms with van der Waals surface area (Å²) < 4.78 is 1.61. The van der Waals surface area contributed by atoms with Gasteiger partial charge in [0.2, 0.25) is 11.7 Å². The highest BCUT2D eigenvalue weighted by molar-refractivity contribution is 6.30. The Labute approximate surface area is 184 Å². The normalized spacial score (nSPS) is 11.1. The molecule has 0 aliphatic rings. The highest BCUT2D eigenvalue weighted by Gasteiger charge is 2.13. The summed E-state index contributed by atoms with van der Waals surface area (Å²) >= 11 is 5.94. The summed E-state index contributed by atoms with van der Waals surface area (Å²) in [6.45, 7) is 4.23. The number of hydrogen-bond acceptors (Lipinski definition) is 5. The summed E-state index contributed by atoms with van der Waals surface area (Å²) in [5, 5.41) is 20.3. The molecule has 1 amide bonds. The largest absolute Gasteiger partial charge is 0.309 e. The van der Waals surface area contributed by atoms with Gasteiger partial charge in [-0.05, 0) is 28.8 Å². The van der Waals surface area contributed by atoms with E-state index >= 15 is 0 Å². The summed E-state index contributed by atoms with van der Waals surface area (Å²) in [6, 6.07) is 17.2. The predicted molar refractivity (Wildman–Crippen MR) is 120 cm³/mol. The lowest BCUT2D eigenvalue weighted by Gasteiger charge is -2.05. The summed E-state index contributed by atoms with van der Waals surface area (Å²) in [7, 11) is 1.77. The molecule has 2 aromatic heterocycles. The molecule has 2 aromatic carbocycles. The number of nitrogens with zero attached hydrogens (tertiary/aromatic N) is 6. The molecule has 0 fully saturated rings. The molecule has 0 unspecified atom stereocenters. The van der Waals surface area contributed by atoms with E-state index in [-0.39, 0.29) is 12.5 Å². The van der Waals surface area contributed by atoms with Crippen molar-refractivity contribution < 1.29 is 4.79 Å². The molecule has 0 bridgehead atoms. The van der Waals surface area contributed by atoms with E-state index in [1.165, 1.54) is 10.4 Å². The molecule has 0 atom stereocenters. The Balaban J connectivity index is 1.42. The Morgan fingerprint density at radius 3 is 2.39 bits per heavy atom. The van der Waals surface area contributed by atoms with E-state index in [1.54, 1.807) is 29.9 Å². The Hall–Kier alpha value is -3.52. The van der Waals surface area contributed by atoms with Crippen LogP contribution in [0.4, 0.5) is 5.82 Å². The molecule has 0 spiro atoms. The van der Waals surface area contributed by atoms with Crippen LogP contribution in [-0.4, -0.2) is 35.9 Å². The highest BCUT2D eigenvalue weighted by atomic mass is 35.5. The number of halogens is 1. The fraction of sp³-hybridized carbons (Fsp3) is 0.227. The predicted octanol–water partition coefficient (Wildman–Crippen LogP) is 4.16. The molecule has 158 valence electrons. The smallest absolute Gasteiger partial charge is 0.249 e. The molecule has 2 heterocycles. The second-order valence-corrected chi connectivity index (χ2v) is 7.95. The number of benzene rings is 2. The van der Waals surface area contributed by atoms with Crippen LogP contribution in [0.5, 0.6) is 0 Å². The SMILES string of the molecule is CC(C)c1ccc(-c2nnn(CC(=O)Nc3cc(-c4ccc(Cl)cc4)nn3C)n2)cc1. The van der Waals surface area contributed by atoms with Gasteiger partial charge in [0, 0.05) is 29.3 Å². The first-order valence-electron chi connectivity index (χ1n) is 9.87. The first-order valence-corrected chi connectivity index (χ1v) is 10.2. The number of amides is 1. The lowest BCUT2D eigenvalue weighted by Crippen LogP contribution is -2.21. The van der Waals surface area contributed by atoms with Crippen LogP contribution in [0.1, 0.15) is 25.3 Å². The van der Waals surface area contributed by atoms with Crippen LogP contribution in [0.25, 0.3) is 22.6 Å². The van der Waals surface area contributed by atoms with Crippen molar-refractivity contribution >= 4 is 23.3 Å². The van der Waals surface area contributed by atoms with Crippen LogP contribution in [0.3, 0.4) is 0 Å². The van der Waals surface area contributed by atoms with E-state index < -0.39 is 0 Å². The summed E-state index contributed by atoms with van der Waals surface area (Å²) in [4.78, 5) is 13.8. The van der Waals surface area contributed by atoms with E-state index in [0.717, 1.165) is 16.8 Å². The fourth-order valence-electron chi connectivity index (χ4n) is 3.10. The zero-order valence-corrected chi connectivity index (χ0v) is 18.2. The van der Waals surface area contributed by atoms with Gasteiger partial charge in [-0.25, -0.2) is 0 Å². The molecule has 0 aliphatic carbocycles. The van der Waals surface area contributed by atoms with Gasteiger partial charge in [-0.15, -0.1) is 10.2 Å². The highest BCUT2D eigenvalue weighted by Crippen LogP contribution is 2.23. The van der Waals surface area contributed by atoms with Crippen molar-refractivity contribution in [3.05, 3.63) is 65.2 Å². The number of aromatic nitrogens is 6. The van der Waals surface area contributed by atoms with Crippen molar-refractivity contribution in [3.8, 4) is 22.6 Å². The number of carbonyl (C=O) groups is 1. The molecule has 0 saturated carbocycles. The Bertz CT molecular complexity index is 1190. The number of aryl methyl sites for hydroxylation is 1. The molecular weight excluding hydrogens is 414 g/mol. The van der Waals surface area contributed by atoms with E-state index in [1.807, 2.05) is 36.4 Å². The summed E-state index contributed by atoms with van der Waals surface area (Å²) in [5.41, 5.74) is 3.74. The molecular formula is C22H22ClN7O. The monoisotopic (exact) mass is 435 g/mol. The van der Waals surface area contributed by atoms with E-state index in [4.69, 9.17) is 11.6 Å². The molecule has 4 aromatic rings. The average Bonchev–Trinajstić information content (AvgIpc) is 3.35. The van der Waals surface area contributed by atoms with Crippen LogP contribution in [0.15, 0.2) is 54.6 Å². The van der Waals surface area contributed by atoms with Crippen LogP contribution in [0, 0.1) is 0 Å². The van der Waals surface area contributed by atoms with E-state index in [0.29, 0.717) is 22.6 Å². The standard InChI is InChI=1S/C22H22ClN7O/c1-14(2)15-4-6-17(7-5-15)22-25-28-30(27-22)13-21(31)24-20-12-19(26-29(20)3)16-8-10-18(23)11-9-16/h4-12,14H,13H2,1-3H3,(H,24,31). The van der Waals surface area contributed by atoms with Crippen LogP contribution in [0.2, 0.25) is 5.02 Å². The lowest BCUT2D eigenvalue weighted by atomic mass is 10.0. The Morgan fingerprint density at radius 2 is 1.71 bits per heavy atom. The van der Waals surface area contributed by atoms with Crippen molar-refractivity contribution in [2.75, 3.05) is 5.32 Å². The van der Waals surface area contributed by atoms with E-state index in [9.17, 15) is 4.79 Å². The van der Waals surface area contributed by atoms with Crippen LogP contribution < -0.4 is 5.32 Å².